The summed E-state index contributed by atoms with van der Waals surface area (Å²) >= 11 is 1.72. The molecule has 0 saturated carbocycles. The summed E-state index contributed by atoms with van der Waals surface area (Å²) in [6.07, 6.45) is 5.32. The van der Waals surface area contributed by atoms with Crippen LogP contribution < -0.4 is 0 Å². The highest BCUT2D eigenvalue weighted by molar-refractivity contribution is 7.98. The molecule has 68 valence electrons. The van der Waals surface area contributed by atoms with Crippen molar-refractivity contribution in [3.63, 3.8) is 0 Å². The first-order valence-corrected chi connectivity index (χ1v) is 5.80. The number of rotatable bonds is 6. The fourth-order valence-corrected chi connectivity index (χ4v) is 1.79. The summed E-state index contributed by atoms with van der Waals surface area (Å²) in [6.45, 7) is 4.39. The highest BCUT2D eigenvalue weighted by atomic mass is 32.2. The zero-order valence-corrected chi connectivity index (χ0v) is 8.66. The molecule has 1 unspecified atom stereocenters. The predicted octanol–water partition coefficient (Wildman–Crippen LogP) is 2.54. The maximum Gasteiger partial charge on any atom is 0.0633 e. The molecule has 2 heteroatoms. The van der Waals surface area contributed by atoms with E-state index >= 15 is 0 Å². The Balaban J connectivity index is 3.44. The number of aliphatic hydroxyl groups excluding tert-OH is 1. The van der Waals surface area contributed by atoms with Crippen LogP contribution in [0.25, 0.3) is 0 Å². The number of aliphatic hydroxyl groups is 1. The molecule has 0 bridgehead atoms. The van der Waals surface area contributed by atoms with Gasteiger partial charge in [-0.3, -0.25) is 0 Å². The van der Waals surface area contributed by atoms with Crippen molar-refractivity contribution >= 4 is 11.8 Å². The third kappa shape index (κ3) is 5.57. The van der Waals surface area contributed by atoms with Crippen LogP contribution in [-0.2, 0) is 0 Å². The Morgan fingerprint density at radius 2 is 1.82 bits per heavy atom. The van der Waals surface area contributed by atoms with Gasteiger partial charge in [-0.2, -0.15) is 11.8 Å². The molecule has 0 aliphatic heterocycles. The van der Waals surface area contributed by atoms with E-state index in [4.69, 9.17) is 0 Å². The maximum atomic E-state index is 9.46. The van der Waals surface area contributed by atoms with Crippen LogP contribution in [0.4, 0.5) is 0 Å². The van der Waals surface area contributed by atoms with E-state index in [2.05, 4.69) is 13.8 Å². The summed E-state index contributed by atoms with van der Waals surface area (Å²) in [5.74, 6) is 1.60. The van der Waals surface area contributed by atoms with E-state index < -0.39 is 0 Å². The number of thioether (sulfide) groups is 1. The summed E-state index contributed by atoms with van der Waals surface area (Å²) in [7, 11) is 0. The molecule has 0 aromatic carbocycles. The van der Waals surface area contributed by atoms with Gasteiger partial charge in [-0.25, -0.2) is 0 Å². The molecule has 0 amide bonds. The average Bonchev–Trinajstić information content (AvgIpc) is 2.01. The van der Waals surface area contributed by atoms with Crippen molar-refractivity contribution in [3.05, 3.63) is 0 Å². The zero-order chi connectivity index (χ0) is 8.69. The van der Waals surface area contributed by atoms with Gasteiger partial charge in [-0.05, 0) is 18.6 Å². The summed E-state index contributed by atoms with van der Waals surface area (Å²) in [4.78, 5) is 0. The second-order valence-electron chi connectivity index (χ2n) is 3.03. The zero-order valence-electron chi connectivity index (χ0n) is 7.84. The summed E-state index contributed by atoms with van der Waals surface area (Å²) < 4.78 is 0. The third-order valence-corrected chi connectivity index (χ3v) is 2.84. The van der Waals surface area contributed by atoms with Crippen molar-refractivity contribution in [1.82, 2.24) is 0 Å². The van der Waals surface area contributed by atoms with Crippen LogP contribution in [0.1, 0.15) is 33.1 Å². The van der Waals surface area contributed by atoms with Gasteiger partial charge in [0.05, 0.1) is 6.10 Å². The maximum absolute atomic E-state index is 9.46. The van der Waals surface area contributed by atoms with Crippen molar-refractivity contribution in [2.24, 2.45) is 5.92 Å². The number of hydrogen-bond donors (Lipinski definition) is 1. The van der Waals surface area contributed by atoms with E-state index in [0.29, 0.717) is 0 Å². The summed E-state index contributed by atoms with van der Waals surface area (Å²) in [6, 6.07) is 0. The lowest BCUT2D eigenvalue weighted by Crippen LogP contribution is -2.15. The Morgan fingerprint density at radius 1 is 1.27 bits per heavy atom. The normalized spacial score (nSPS) is 13.9. The van der Waals surface area contributed by atoms with Crippen LogP contribution in [0, 0.1) is 5.92 Å². The van der Waals surface area contributed by atoms with Gasteiger partial charge in [0.25, 0.3) is 0 Å². The lowest BCUT2D eigenvalue weighted by atomic mass is 9.97. The van der Waals surface area contributed by atoms with Crippen molar-refractivity contribution in [2.45, 2.75) is 39.2 Å². The van der Waals surface area contributed by atoms with Crippen molar-refractivity contribution in [3.8, 4) is 0 Å². The Morgan fingerprint density at radius 3 is 2.18 bits per heavy atom. The lowest BCUT2D eigenvalue weighted by molar-refractivity contribution is 0.162. The molecule has 0 spiro atoms. The topological polar surface area (TPSA) is 20.2 Å². The Kier molecular flexibility index (Phi) is 7.18. The average molecular weight is 176 g/mol. The van der Waals surface area contributed by atoms with Crippen LogP contribution in [0.15, 0.2) is 0 Å². The Hall–Kier alpha value is 0.310. The minimum Gasteiger partial charge on any atom is -0.392 e. The van der Waals surface area contributed by atoms with Gasteiger partial charge in [0.2, 0.25) is 0 Å². The second kappa shape index (κ2) is 6.99. The van der Waals surface area contributed by atoms with Crippen molar-refractivity contribution in [1.29, 1.82) is 0 Å². The molecular weight excluding hydrogens is 156 g/mol. The molecule has 1 atom stereocenters. The Labute approximate surface area is 74.6 Å². The second-order valence-corrected chi connectivity index (χ2v) is 3.94. The minimum absolute atomic E-state index is 0.0881. The quantitative estimate of drug-likeness (QED) is 0.671. The lowest BCUT2D eigenvalue weighted by Gasteiger charge is -2.16. The predicted molar refractivity (Wildman–Crippen MR) is 53.1 cm³/mol. The molecule has 11 heavy (non-hydrogen) atoms. The molecule has 0 radical (unpaired) electrons. The SMILES string of the molecule is CCC(CC)CC(O)CSC. The highest BCUT2D eigenvalue weighted by Crippen LogP contribution is 2.16. The highest BCUT2D eigenvalue weighted by Gasteiger charge is 2.09. The molecule has 1 nitrogen and oxygen atoms in total. The van der Waals surface area contributed by atoms with E-state index in [9.17, 15) is 5.11 Å². The molecular formula is C9H20OS. The Bertz CT molecular complexity index is 81.6. The van der Waals surface area contributed by atoms with Crippen LogP contribution in [-0.4, -0.2) is 23.2 Å². The first-order chi connectivity index (χ1) is 5.24. The molecule has 1 N–H and O–H groups in total. The van der Waals surface area contributed by atoms with Gasteiger partial charge in [-0.15, -0.1) is 0 Å². The third-order valence-electron chi connectivity index (χ3n) is 2.12. The van der Waals surface area contributed by atoms with Gasteiger partial charge in [-0.1, -0.05) is 26.7 Å². The first kappa shape index (κ1) is 11.3. The molecule has 0 fully saturated rings. The van der Waals surface area contributed by atoms with Crippen LogP contribution in [0.2, 0.25) is 0 Å². The summed E-state index contributed by atoms with van der Waals surface area (Å²) in [5, 5.41) is 9.46. The molecule has 0 aromatic rings. The molecule has 0 heterocycles. The van der Waals surface area contributed by atoms with Gasteiger partial charge < -0.3 is 5.11 Å². The fourth-order valence-electron chi connectivity index (χ4n) is 1.27. The van der Waals surface area contributed by atoms with Crippen LogP contribution in [0.5, 0.6) is 0 Å². The molecule has 0 rings (SSSR count). The van der Waals surface area contributed by atoms with Crippen LogP contribution in [0.3, 0.4) is 0 Å². The van der Waals surface area contributed by atoms with Crippen LogP contribution >= 0.6 is 11.8 Å². The monoisotopic (exact) mass is 176 g/mol. The van der Waals surface area contributed by atoms with Crippen molar-refractivity contribution in [2.75, 3.05) is 12.0 Å². The number of hydrogen-bond acceptors (Lipinski definition) is 2. The van der Waals surface area contributed by atoms with Gasteiger partial charge >= 0.3 is 0 Å². The van der Waals surface area contributed by atoms with Gasteiger partial charge in [0, 0.05) is 5.75 Å². The van der Waals surface area contributed by atoms with Gasteiger partial charge in [0.15, 0.2) is 0 Å². The fraction of sp³-hybridized carbons (Fsp3) is 1.00. The molecule has 0 aromatic heterocycles. The largest absolute Gasteiger partial charge is 0.392 e. The smallest absolute Gasteiger partial charge is 0.0633 e. The standard InChI is InChI=1S/C9H20OS/c1-4-8(5-2)6-9(10)7-11-3/h8-10H,4-7H2,1-3H3. The van der Waals surface area contributed by atoms with E-state index in [1.165, 1.54) is 12.8 Å². The van der Waals surface area contributed by atoms with E-state index in [-0.39, 0.29) is 6.10 Å². The molecule has 0 aliphatic rings. The summed E-state index contributed by atoms with van der Waals surface area (Å²) in [5.41, 5.74) is 0. The minimum atomic E-state index is -0.0881. The first-order valence-electron chi connectivity index (χ1n) is 4.41. The van der Waals surface area contributed by atoms with E-state index in [0.717, 1.165) is 18.1 Å². The molecule has 0 saturated heterocycles. The van der Waals surface area contributed by atoms with Gasteiger partial charge in [0.1, 0.15) is 0 Å². The van der Waals surface area contributed by atoms with Crippen molar-refractivity contribution < 1.29 is 5.11 Å². The molecule has 0 aliphatic carbocycles. The van der Waals surface area contributed by atoms with E-state index in [1.54, 1.807) is 11.8 Å². The van der Waals surface area contributed by atoms with E-state index in [1.807, 2.05) is 6.26 Å².